The van der Waals surface area contributed by atoms with Gasteiger partial charge in [0, 0.05) is 40.8 Å². The van der Waals surface area contributed by atoms with Crippen molar-refractivity contribution in [3.63, 3.8) is 0 Å². The van der Waals surface area contributed by atoms with Gasteiger partial charge >= 0.3 is 0 Å². The van der Waals surface area contributed by atoms with Crippen LogP contribution in [0.15, 0.2) is 77.8 Å². The van der Waals surface area contributed by atoms with Gasteiger partial charge in [0.1, 0.15) is 5.82 Å². The van der Waals surface area contributed by atoms with Gasteiger partial charge in [-0.25, -0.2) is 4.39 Å². The maximum atomic E-state index is 13.8. The van der Waals surface area contributed by atoms with Gasteiger partial charge in [0.05, 0.1) is 11.3 Å². The lowest BCUT2D eigenvalue weighted by Crippen LogP contribution is -2.27. The quantitative estimate of drug-likeness (QED) is 0.328. The van der Waals surface area contributed by atoms with Crippen molar-refractivity contribution in [1.82, 2.24) is 9.88 Å². The third-order valence-corrected chi connectivity index (χ3v) is 6.79. The molecule has 0 unspecified atom stereocenters. The van der Waals surface area contributed by atoms with E-state index in [0.29, 0.717) is 13.1 Å². The lowest BCUT2D eigenvalue weighted by atomic mass is 10.1. The van der Waals surface area contributed by atoms with Crippen molar-refractivity contribution < 1.29 is 14.0 Å². The summed E-state index contributed by atoms with van der Waals surface area (Å²) in [5.41, 5.74) is 4.08. The molecule has 34 heavy (non-hydrogen) atoms. The van der Waals surface area contributed by atoms with Crippen LogP contribution in [0.25, 0.3) is 10.9 Å². The van der Waals surface area contributed by atoms with E-state index < -0.39 is 11.7 Å². The van der Waals surface area contributed by atoms with Crippen molar-refractivity contribution in [3.8, 4) is 0 Å². The fourth-order valence-corrected chi connectivity index (χ4v) is 4.65. The van der Waals surface area contributed by atoms with Gasteiger partial charge in [0.2, 0.25) is 5.91 Å². The number of carbonyl (C=O) groups is 2. The molecule has 0 aliphatic carbocycles. The number of para-hydroxylation sites is 1. The number of halogens is 1. The number of hydrogen-bond donors (Lipinski definition) is 2. The van der Waals surface area contributed by atoms with Crippen molar-refractivity contribution in [2.75, 3.05) is 17.6 Å². The van der Waals surface area contributed by atoms with Crippen molar-refractivity contribution in [3.05, 3.63) is 95.4 Å². The topological polar surface area (TPSA) is 63.1 Å². The normalized spacial score (nSPS) is 10.9. The molecule has 0 aliphatic heterocycles. The zero-order valence-corrected chi connectivity index (χ0v) is 19.9. The third-order valence-electron chi connectivity index (χ3n) is 5.75. The molecule has 4 rings (SSSR count). The molecule has 1 heterocycles. The van der Waals surface area contributed by atoms with Crippen LogP contribution in [0.4, 0.5) is 10.1 Å². The number of benzene rings is 3. The molecule has 2 amide bonds. The van der Waals surface area contributed by atoms with Gasteiger partial charge in [0.25, 0.3) is 5.91 Å². The number of nitrogens with one attached hydrogen (secondary N) is 2. The Morgan fingerprint density at radius 3 is 2.56 bits per heavy atom. The Bertz CT molecular complexity index is 1350. The predicted octanol–water partition coefficient (Wildman–Crippen LogP) is 5.56. The number of nitrogens with zero attached hydrogens (tertiary/aromatic N) is 1. The van der Waals surface area contributed by atoms with Gasteiger partial charge in [-0.2, -0.15) is 0 Å². The number of thioether (sulfide) groups is 1. The van der Waals surface area contributed by atoms with Crippen molar-refractivity contribution in [1.29, 1.82) is 0 Å². The van der Waals surface area contributed by atoms with Crippen LogP contribution in [0.5, 0.6) is 0 Å². The molecule has 0 aliphatic rings. The molecule has 0 fully saturated rings. The molecule has 1 aromatic heterocycles. The van der Waals surface area contributed by atoms with E-state index in [1.54, 1.807) is 12.1 Å². The highest BCUT2D eigenvalue weighted by Gasteiger charge is 2.13. The molecule has 4 aromatic rings. The van der Waals surface area contributed by atoms with Gasteiger partial charge in [-0.05, 0) is 49.2 Å². The number of aryl methyl sites for hydroxylation is 1. The minimum atomic E-state index is -0.538. The summed E-state index contributed by atoms with van der Waals surface area (Å²) in [4.78, 5) is 25.9. The number of amides is 2. The second kappa shape index (κ2) is 10.6. The highest BCUT2D eigenvalue weighted by atomic mass is 32.2. The summed E-state index contributed by atoms with van der Waals surface area (Å²) in [6.07, 6.45) is 2.00. The number of rotatable bonds is 8. The molecule has 3 aromatic carbocycles. The molecule has 5 nitrogen and oxygen atoms in total. The zero-order valence-electron chi connectivity index (χ0n) is 19.1. The highest BCUT2D eigenvalue weighted by molar-refractivity contribution is 8.00. The molecule has 0 saturated heterocycles. The van der Waals surface area contributed by atoms with Crippen LogP contribution >= 0.6 is 11.8 Å². The summed E-state index contributed by atoms with van der Waals surface area (Å²) < 4.78 is 15.9. The van der Waals surface area contributed by atoms with E-state index in [0.717, 1.165) is 32.6 Å². The average Bonchev–Trinajstić information content (AvgIpc) is 3.18. The molecule has 0 saturated carbocycles. The van der Waals surface area contributed by atoms with E-state index in [4.69, 9.17) is 0 Å². The van der Waals surface area contributed by atoms with E-state index in [9.17, 15) is 14.0 Å². The average molecular weight is 476 g/mol. The molecule has 2 N–H and O–H groups in total. The molecule has 0 radical (unpaired) electrons. The highest BCUT2D eigenvalue weighted by Crippen LogP contribution is 2.30. The van der Waals surface area contributed by atoms with Crippen LogP contribution < -0.4 is 10.6 Å². The Labute approximate surface area is 202 Å². The Hall–Kier alpha value is -3.58. The summed E-state index contributed by atoms with van der Waals surface area (Å²) >= 11 is 1.48. The summed E-state index contributed by atoms with van der Waals surface area (Å²) in [6, 6.07) is 19.7. The Morgan fingerprint density at radius 2 is 1.74 bits per heavy atom. The van der Waals surface area contributed by atoms with Crippen LogP contribution in [0, 0.1) is 19.7 Å². The van der Waals surface area contributed by atoms with Crippen molar-refractivity contribution in [2.45, 2.75) is 25.3 Å². The van der Waals surface area contributed by atoms with E-state index in [2.05, 4.69) is 10.6 Å². The lowest BCUT2D eigenvalue weighted by molar-refractivity contribution is -0.113. The second-order valence-corrected chi connectivity index (χ2v) is 9.04. The maximum absolute atomic E-state index is 13.8. The van der Waals surface area contributed by atoms with Crippen LogP contribution in [0.1, 0.15) is 21.5 Å². The molecule has 0 atom stereocenters. The van der Waals surface area contributed by atoms with Crippen LogP contribution in [-0.4, -0.2) is 28.7 Å². The minimum Gasteiger partial charge on any atom is -0.350 e. The number of hydrogen-bond acceptors (Lipinski definition) is 3. The molecule has 174 valence electrons. The number of anilines is 1. The van der Waals surface area contributed by atoms with E-state index in [-0.39, 0.29) is 17.2 Å². The fourth-order valence-electron chi connectivity index (χ4n) is 3.76. The first-order chi connectivity index (χ1) is 16.4. The van der Waals surface area contributed by atoms with Gasteiger partial charge < -0.3 is 15.2 Å². The lowest BCUT2D eigenvalue weighted by Gasteiger charge is -2.10. The first kappa shape index (κ1) is 23.6. The number of fused-ring (bicyclic) bond motifs is 1. The zero-order chi connectivity index (χ0) is 24.1. The van der Waals surface area contributed by atoms with E-state index in [1.807, 2.05) is 67.1 Å². The molecule has 0 spiro atoms. The molecule has 7 heteroatoms. The van der Waals surface area contributed by atoms with Crippen molar-refractivity contribution in [2.24, 2.45) is 0 Å². The van der Waals surface area contributed by atoms with Crippen LogP contribution in [-0.2, 0) is 11.3 Å². The summed E-state index contributed by atoms with van der Waals surface area (Å²) in [5.74, 6) is -0.755. The minimum absolute atomic E-state index is 0.0333. The van der Waals surface area contributed by atoms with Crippen LogP contribution in [0.2, 0.25) is 0 Å². The van der Waals surface area contributed by atoms with E-state index in [1.165, 1.54) is 23.9 Å². The Balaban J connectivity index is 1.40. The Kier molecular flexibility index (Phi) is 7.33. The number of carbonyl (C=O) groups excluding carboxylic acids is 2. The maximum Gasteiger partial charge on any atom is 0.254 e. The molecular weight excluding hydrogens is 449 g/mol. The Morgan fingerprint density at radius 1 is 0.971 bits per heavy atom. The van der Waals surface area contributed by atoms with E-state index >= 15 is 0 Å². The predicted molar refractivity (Wildman–Crippen MR) is 136 cm³/mol. The summed E-state index contributed by atoms with van der Waals surface area (Å²) in [7, 11) is 0. The first-order valence-corrected chi connectivity index (χ1v) is 12.0. The van der Waals surface area contributed by atoms with Crippen LogP contribution in [0.3, 0.4) is 0 Å². The number of aromatic nitrogens is 1. The smallest absolute Gasteiger partial charge is 0.254 e. The van der Waals surface area contributed by atoms with Crippen molar-refractivity contribution >= 4 is 40.2 Å². The first-order valence-electron chi connectivity index (χ1n) is 11.0. The molecular formula is C27H26FN3O2S. The van der Waals surface area contributed by atoms with Gasteiger partial charge in [-0.3, -0.25) is 9.59 Å². The largest absolute Gasteiger partial charge is 0.350 e. The fraction of sp³-hybridized carbons (Fsp3) is 0.185. The molecule has 0 bridgehead atoms. The standard InChI is InChI=1S/C27H26FN3O2S/c1-18-8-7-12-23(19(18)2)30-26(32)17-34-25-16-31(24-13-6-4-10-21(24)25)15-14-29-27(33)20-9-3-5-11-22(20)28/h3-13,16H,14-15,17H2,1-2H3,(H,29,33)(H,30,32). The van der Waals surface area contributed by atoms with Gasteiger partial charge in [0.15, 0.2) is 0 Å². The SMILES string of the molecule is Cc1cccc(NC(=O)CSc2cn(CCNC(=O)c3ccccc3F)c3ccccc23)c1C. The third kappa shape index (κ3) is 5.31. The second-order valence-electron chi connectivity index (χ2n) is 8.02. The summed E-state index contributed by atoms with van der Waals surface area (Å²) in [6.45, 7) is 4.89. The summed E-state index contributed by atoms with van der Waals surface area (Å²) in [5, 5.41) is 6.83. The van der Waals surface area contributed by atoms with Gasteiger partial charge in [-0.15, -0.1) is 11.8 Å². The monoisotopic (exact) mass is 475 g/mol. The van der Waals surface area contributed by atoms with Gasteiger partial charge in [-0.1, -0.05) is 42.5 Å².